The molecular weight excluding hydrogens is 224 g/mol. The van der Waals surface area contributed by atoms with Crippen molar-refractivity contribution in [1.82, 2.24) is 0 Å². The molecule has 1 N–H and O–H groups in total. The van der Waals surface area contributed by atoms with Gasteiger partial charge in [-0.3, -0.25) is 0 Å². The Hall–Kier alpha value is -0.860. The van der Waals surface area contributed by atoms with Gasteiger partial charge in [-0.05, 0) is 49.1 Å². The van der Waals surface area contributed by atoms with Crippen molar-refractivity contribution in [1.29, 1.82) is 0 Å². The summed E-state index contributed by atoms with van der Waals surface area (Å²) in [5.41, 5.74) is 2.89. The molecule has 1 aromatic carbocycles. The lowest BCUT2D eigenvalue weighted by atomic mass is 9.71. The maximum Gasteiger partial charge on any atom is 0.0703 e. The van der Waals surface area contributed by atoms with E-state index in [0.29, 0.717) is 5.92 Å². The van der Waals surface area contributed by atoms with E-state index in [1.54, 1.807) is 7.11 Å². The number of hydrogen-bond donors (Lipinski definition) is 1. The van der Waals surface area contributed by atoms with E-state index < -0.39 is 0 Å². The molecule has 2 aliphatic carbocycles. The number of rotatable bonds is 5. The minimum absolute atomic E-state index is 0.0112. The van der Waals surface area contributed by atoms with Gasteiger partial charge < -0.3 is 9.84 Å². The summed E-state index contributed by atoms with van der Waals surface area (Å²) in [6, 6.07) is 8.59. The van der Waals surface area contributed by atoms with Crippen molar-refractivity contribution in [2.45, 2.75) is 56.1 Å². The lowest BCUT2D eigenvalue weighted by molar-refractivity contribution is -0.101. The summed E-state index contributed by atoms with van der Waals surface area (Å²) < 4.78 is 5.59. The summed E-state index contributed by atoms with van der Waals surface area (Å²) >= 11 is 0. The van der Waals surface area contributed by atoms with Crippen LogP contribution in [0, 0.1) is 0 Å². The molecule has 1 aromatic rings. The lowest BCUT2D eigenvalue weighted by Gasteiger charge is -2.42. The Morgan fingerprint density at radius 3 is 2.78 bits per heavy atom. The topological polar surface area (TPSA) is 29.5 Å². The molecular formula is C16H22O2. The average molecular weight is 246 g/mol. The average Bonchev–Trinajstić information content (AvgIpc) is 2.31. The third-order valence-corrected chi connectivity index (χ3v) is 4.82. The highest BCUT2D eigenvalue weighted by molar-refractivity contribution is 5.39. The van der Waals surface area contributed by atoms with E-state index >= 15 is 0 Å². The molecule has 3 rings (SSSR count). The van der Waals surface area contributed by atoms with Crippen LogP contribution in [0.25, 0.3) is 0 Å². The van der Waals surface area contributed by atoms with Crippen LogP contribution in [0.3, 0.4) is 0 Å². The number of ether oxygens (including phenoxy) is 1. The minimum Gasteiger partial charge on any atom is -0.393 e. The van der Waals surface area contributed by atoms with E-state index in [1.165, 1.54) is 17.5 Å². The van der Waals surface area contributed by atoms with E-state index in [0.717, 1.165) is 32.1 Å². The zero-order valence-electron chi connectivity index (χ0n) is 11.1. The second-order valence-electron chi connectivity index (χ2n) is 5.93. The molecule has 18 heavy (non-hydrogen) atoms. The Morgan fingerprint density at radius 1 is 1.39 bits per heavy atom. The van der Waals surface area contributed by atoms with Crippen LogP contribution < -0.4 is 0 Å². The molecule has 0 radical (unpaired) electrons. The second kappa shape index (κ2) is 4.67. The predicted octanol–water partition coefficient (Wildman–Crippen LogP) is 3.04. The van der Waals surface area contributed by atoms with Crippen LogP contribution in [0.4, 0.5) is 0 Å². The van der Waals surface area contributed by atoms with Crippen molar-refractivity contribution in [2.24, 2.45) is 0 Å². The van der Waals surface area contributed by atoms with Gasteiger partial charge in [0, 0.05) is 13.5 Å². The SMILES string of the molecule is COC1(CC(O)CC2Cc3ccccc32)CCC1. The summed E-state index contributed by atoms with van der Waals surface area (Å²) in [6.45, 7) is 0. The fourth-order valence-corrected chi connectivity index (χ4v) is 3.48. The van der Waals surface area contributed by atoms with Gasteiger partial charge in [0.25, 0.3) is 0 Å². The Kier molecular flexibility index (Phi) is 3.16. The van der Waals surface area contributed by atoms with Crippen molar-refractivity contribution in [3.8, 4) is 0 Å². The van der Waals surface area contributed by atoms with E-state index in [2.05, 4.69) is 24.3 Å². The van der Waals surface area contributed by atoms with Crippen molar-refractivity contribution in [3.05, 3.63) is 35.4 Å². The first-order valence-corrected chi connectivity index (χ1v) is 7.03. The third kappa shape index (κ3) is 2.08. The van der Waals surface area contributed by atoms with Crippen molar-refractivity contribution < 1.29 is 9.84 Å². The zero-order chi connectivity index (χ0) is 12.6. The number of aliphatic hydroxyl groups is 1. The number of benzene rings is 1. The minimum atomic E-state index is -0.219. The first kappa shape index (κ1) is 12.2. The summed E-state index contributed by atoms with van der Waals surface area (Å²) in [5.74, 6) is 0.560. The van der Waals surface area contributed by atoms with Gasteiger partial charge in [-0.25, -0.2) is 0 Å². The Bertz CT molecular complexity index is 417. The fourth-order valence-electron chi connectivity index (χ4n) is 3.48. The molecule has 2 unspecified atom stereocenters. The molecule has 0 spiro atoms. The standard InChI is InChI=1S/C16H22O2/c1-18-16(7-4-8-16)11-14(17)10-13-9-12-5-2-3-6-15(12)13/h2-3,5-6,13-14,17H,4,7-11H2,1H3. The number of methoxy groups -OCH3 is 1. The van der Waals surface area contributed by atoms with Crippen LogP contribution in [0.2, 0.25) is 0 Å². The maximum atomic E-state index is 10.3. The highest BCUT2D eigenvalue weighted by atomic mass is 16.5. The van der Waals surface area contributed by atoms with Crippen LogP contribution in [0.5, 0.6) is 0 Å². The van der Waals surface area contributed by atoms with Crippen molar-refractivity contribution in [2.75, 3.05) is 7.11 Å². The summed E-state index contributed by atoms with van der Waals surface area (Å²) in [6.07, 6.45) is 6.08. The molecule has 98 valence electrons. The molecule has 1 saturated carbocycles. The van der Waals surface area contributed by atoms with E-state index in [1.807, 2.05) is 0 Å². The smallest absolute Gasteiger partial charge is 0.0703 e. The van der Waals surface area contributed by atoms with Crippen LogP contribution in [0.1, 0.15) is 49.1 Å². The molecule has 2 nitrogen and oxygen atoms in total. The quantitative estimate of drug-likeness (QED) is 0.865. The molecule has 2 atom stereocenters. The highest BCUT2D eigenvalue weighted by Gasteiger charge is 2.39. The molecule has 0 saturated heterocycles. The predicted molar refractivity (Wildman–Crippen MR) is 71.7 cm³/mol. The summed E-state index contributed by atoms with van der Waals surface area (Å²) in [7, 11) is 1.78. The molecule has 2 aliphatic rings. The zero-order valence-corrected chi connectivity index (χ0v) is 11.1. The first-order valence-electron chi connectivity index (χ1n) is 7.03. The third-order valence-electron chi connectivity index (χ3n) is 4.82. The Morgan fingerprint density at radius 2 is 2.17 bits per heavy atom. The van der Waals surface area contributed by atoms with Gasteiger partial charge >= 0.3 is 0 Å². The van der Waals surface area contributed by atoms with Gasteiger partial charge in [-0.2, -0.15) is 0 Å². The van der Waals surface area contributed by atoms with Crippen molar-refractivity contribution >= 4 is 0 Å². The number of hydrogen-bond acceptors (Lipinski definition) is 2. The molecule has 0 aliphatic heterocycles. The molecule has 0 aromatic heterocycles. The Labute approximate surface area is 109 Å². The molecule has 0 amide bonds. The van der Waals surface area contributed by atoms with E-state index in [-0.39, 0.29) is 11.7 Å². The second-order valence-corrected chi connectivity index (χ2v) is 5.93. The first-order chi connectivity index (χ1) is 8.72. The van der Waals surface area contributed by atoms with E-state index in [4.69, 9.17) is 4.74 Å². The molecule has 1 fully saturated rings. The van der Waals surface area contributed by atoms with Gasteiger partial charge in [-0.1, -0.05) is 24.3 Å². The van der Waals surface area contributed by atoms with Gasteiger partial charge in [0.1, 0.15) is 0 Å². The van der Waals surface area contributed by atoms with E-state index in [9.17, 15) is 5.11 Å². The summed E-state index contributed by atoms with van der Waals surface area (Å²) in [5, 5.41) is 10.3. The molecule has 0 bridgehead atoms. The van der Waals surface area contributed by atoms with Gasteiger partial charge in [0.05, 0.1) is 11.7 Å². The van der Waals surface area contributed by atoms with Gasteiger partial charge in [-0.15, -0.1) is 0 Å². The monoisotopic (exact) mass is 246 g/mol. The van der Waals surface area contributed by atoms with Crippen LogP contribution >= 0.6 is 0 Å². The largest absolute Gasteiger partial charge is 0.393 e. The van der Waals surface area contributed by atoms with Gasteiger partial charge in [0.2, 0.25) is 0 Å². The lowest BCUT2D eigenvalue weighted by Crippen LogP contribution is -2.42. The van der Waals surface area contributed by atoms with Crippen LogP contribution in [-0.4, -0.2) is 23.9 Å². The molecule has 0 heterocycles. The molecule has 2 heteroatoms. The Balaban J connectivity index is 1.55. The number of aliphatic hydroxyl groups excluding tert-OH is 1. The highest BCUT2D eigenvalue weighted by Crippen LogP contribution is 2.42. The summed E-state index contributed by atoms with van der Waals surface area (Å²) in [4.78, 5) is 0. The fraction of sp³-hybridized carbons (Fsp3) is 0.625. The maximum absolute atomic E-state index is 10.3. The normalized spacial score (nSPS) is 25.8. The van der Waals surface area contributed by atoms with Crippen LogP contribution in [-0.2, 0) is 11.2 Å². The van der Waals surface area contributed by atoms with Crippen LogP contribution in [0.15, 0.2) is 24.3 Å². The van der Waals surface area contributed by atoms with Gasteiger partial charge in [0.15, 0.2) is 0 Å². The number of fused-ring (bicyclic) bond motifs is 1. The van der Waals surface area contributed by atoms with Crippen molar-refractivity contribution in [3.63, 3.8) is 0 Å².